The normalized spacial score (nSPS) is 10.4. The van der Waals surface area contributed by atoms with Gasteiger partial charge in [-0.3, -0.25) is 9.59 Å². The fourth-order valence-electron chi connectivity index (χ4n) is 3.23. The molecular formula is C26H28N2O4. The first-order valence-corrected chi connectivity index (χ1v) is 10.7. The molecule has 0 bridgehead atoms. The average molecular weight is 433 g/mol. The Labute approximate surface area is 188 Å². The molecule has 0 aliphatic carbocycles. The SMILES string of the molecule is CCOCCOc1cccc(C(=O)Nc2cccc(C(=O)N(CC)c3ccccc3)c2)c1. The van der Waals surface area contributed by atoms with Crippen LogP contribution in [0.15, 0.2) is 78.9 Å². The van der Waals surface area contributed by atoms with E-state index in [0.29, 0.717) is 48.9 Å². The number of hydrogen-bond acceptors (Lipinski definition) is 4. The lowest BCUT2D eigenvalue weighted by molar-refractivity contribution is 0.0985. The van der Waals surface area contributed by atoms with Crippen molar-refractivity contribution in [2.45, 2.75) is 13.8 Å². The minimum atomic E-state index is -0.278. The summed E-state index contributed by atoms with van der Waals surface area (Å²) in [5.41, 5.74) is 2.35. The predicted molar refractivity (Wildman–Crippen MR) is 127 cm³/mol. The zero-order valence-corrected chi connectivity index (χ0v) is 18.4. The minimum Gasteiger partial charge on any atom is -0.491 e. The smallest absolute Gasteiger partial charge is 0.258 e. The van der Waals surface area contributed by atoms with Gasteiger partial charge in [-0.05, 0) is 62.4 Å². The zero-order chi connectivity index (χ0) is 22.8. The number of hydrogen-bond donors (Lipinski definition) is 1. The molecule has 0 heterocycles. The molecule has 2 amide bonds. The number of carbonyl (C=O) groups excluding carboxylic acids is 2. The van der Waals surface area contributed by atoms with Crippen LogP contribution in [0.2, 0.25) is 0 Å². The van der Waals surface area contributed by atoms with E-state index >= 15 is 0 Å². The number of nitrogens with one attached hydrogen (secondary N) is 1. The largest absolute Gasteiger partial charge is 0.491 e. The summed E-state index contributed by atoms with van der Waals surface area (Å²) < 4.78 is 10.9. The van der Waals surface area contributed by atoms with Gasteiger partial charge >= 0.3 is 0 Å². The molecule has 0 aliphatic heterocycles. The second kappa shape index (κ2) is 11.7. The zero-order valence-electron chi connectivity index (χ0n) is 18.4. The quantitative estimate of drug-likeness (QED) is 0.457. The summed E-state index contributed by atoms with van der Waals surface area (Å²) in [7, 11) is 0. The van der Waals surface area contributed by atoms with Crippen LogP contribution in [-0.2, 0) is 4.74 Å². The lowest BCUT2D eigenvalue weighted by Gasteiger charge is -2.21. The Kier molecular flexibility index (Phi) is 8.40. The Morgan fingerprint density at radius 2 is 1.59 bits per heavy atom. The third kappa shape index (κ3) is 6.18. The summed E-state index contributed by atoms with van der Waals surface area (Å²) in [6, 6.07) is 23.4. The van der Waals surface area contributed by atoms with Gasteiger partial charge in [-0.1, -0.05) is 30.3 Å². The van der Waals surface area contributed by atoms with Gasteiger partial charge in [-0.25, -0.2) is 0 Å². The first-order chi connectivity index (χ1) is 15.6. The minimum absolute atomic E-state index is 0.125. The van der Waals surface area contributed by atoms with Crippen LogP contribution in [0.1, 0.15) is 34.6 Å². The Balaban J connectivity index is 1.69. The molecule has 0 aliphatic rings. The molecule has 1 N–H and O–H groups in total. The molecule has 32 heavy (non-hydrogen) atoms. The maximum Gasteiger partial charge on any atom is 0.258 e. The molecule has 3 aromatic rings. The highest BCUT2D eigenvalue weighted by atomic mass is 16.5. The van der Waals surface area contributed by atoms with Crippen LogP contribution in [0.3, 0.4) is 0 Å². The fraction of sp³-hybridized carbons (Fsp3) is 0.231. The molecule has 0 radical (unpaired) electrons. The molecule has 6 nitrogen and oxygen atoms in total. The number of nitrogens with zero attached hydrogens (tertiary/aromatic N) is 1. The summed E-state index contributed by atoms with van der Waals surface area (Å²) in [6.45, 7) is 5.93. The number of amides is 2. The van der Waals surface area contributed by atoms with E-state index in [-0.39, 0.29) is 11.8 Å². The lowest BCUT2D eigenvalue weighted by atomic mass is 10.1. The number of anilines is 2. The summed E-state index contributed by atoms with van der Waals surface area (Å²) in [5.74, 6) is 0.197. The second-order valence-electron chi connectivity index (χ2n) is 6.99. The van der Waals surface area contributed by atoms with Gasteiger partial charge in [0.15, 0.2) is 0 Å². The molecule has 0 spiro atoms. The van der Waals surface area contributed by atoms with Crippen LogP contribution in [0.25, 0.3) is 0 Å². The highest BCUT2D eigenvalue weighted by Crippen LogP contribution is 2.20. The van der Waals surface area contributed by atoms with Crippen molar-refractivity contribution in [3.63, 3.8) is 0 Å². The summed E-state index contributed by atoms with van der Waals surface area (Å²) in [4.78, 5) is 27.5. The maximum atomic E-state index is 13.1. The number of benzene rings is 3. The van der Waals surface area contributed by atoms with Crippen molar-refractivity contribution in [1.29, 1.82) is 0 Å². The van der Waals surface area contributed by atoms with E-state index in [1.54, 1.807) is 53.4 Å². The number of ether oxygens (including phenoxy) is 2. The topological polar surface area (TPSA) is 67.9 Å². The van der Waals surface area contributed by atoms with E-state index in [1.165, 1.54) is 0 Å². The van der Waals surface area contributed by atoms with Crippen LogP contribution < -0.4 is 15.0 Å². The highest BCUT2D eigenvalue weighted by Gasteiger charge is 2.17. The van der Waals surface area contributed by atoms with Gasteiger partial charge in [-0.15, -0.1) is 0 Å². The Morgan fingerprint density at radius 3 is 2.34 bits per heavy atom. The van der Waals surface area contributed by atoms with E-state index in [0.717, 1.165) is 5.69 Å². The monoisotopic (exact) mass is 432 g/mol. The average Bonchev–Trinajstić information content (AvgIpc) is 2.83. The summed E-state index contributed by atoms with van der Waals surface area (Å²) in [6.07, 6.45) is 0. The van der Waals surface area contributed by atoms with E-state index < -0.39 is 0 Å². The molecule has 3 aromatic carbocycles. The van der Waals surface area contributed by atoms with Crippen molar-refractivity contribution < 1.29 is 19.1 Å². The van der Waals surface area contributed by atoms with Crippen LogP contribution >= 0.6 is 0 Å². The molecule has 0 atom stereocenters. The first kappa shape index (κ1) is 23.0. The standard InChI is InChI=1S/C26H28N2O4/c1-3-28(23-13-6-5-7-14-23)26(30)21-11-8-12-22(18-21)27-25(29)20-10-9-15-24(19-20)32-17-16-31-4-2/h5-15,18-19H,3-4,16-17H2,1-2H3,(H,27,29). The Morgan fingerprint density at radius 1 is 0.844 bits per heavy atom. The molecule has 6 heteroatoms. The molecule has 0 unspecified atom stereocenters. The predicted octanol–water partition coefficient (Wildman–Crippen LogP) is 5.02. The Bertz CT molecular complexity index is 1040. The van der Waals surface area contributed by atoms with Crippen molar-refractivity contribution in [3.8, 4) is 5.75 Å². The van der Waals surface area contributed by atoms with E-state index in [4.69, 9.17) is 9.47 Å². The van der Waals surface area contributed by atoms with Crippen LogP contribution in [0.5, 0.6) is 5.75 Å². The third-order valence-electron chi connectivity index (χ3n) is 4.79. The van der Waals surface area contributed by atoms with E-state index in [2.05, 4.69) is 5.32 Å². The molecule has 0 saturated carbocycles. The number of carbonyl (C=O) groups is 2. The Hall–Kier alpha value is -3.64. The second-order valence-corrected chi connectivity index (χ2v) is 6.99. The van der Waals surface area contributed by atoms with Crippen LogP contribution in [0.4, 0.5) is 11.4 Å². The van der Waals surface area contributed by atoms with E-state index in [9.17, 15) is 9.59 Å². The van der Waals surface area contributed by atoms with Gasteiger partial charge in [-0.2, -0.15) is 0 Å². The maximum absolute atomic E-state index is 13.1. The molecule has 0 aromatic heterocycles. The molecule has 3 rings (SSSR count). The van der Waals surface area contributed by atoms with Gasteiger partial charge in [0.2, 0.25) is 0 Å². The highest BCUT2D eigenvalue weighted by molar-refractivity contribution is 6.08. The summed E-state index contributed by atoms with van der Waals surface area (Å²) in [5, 5.41) is 2.86. The lowest BCUT2D eigenvalue weighted by Crippen LogP contribution is -2.30. The van der Waals surface area contributed by atoms with E-state index in [1.807, 2.05) is 44.2 Å². The fourth-order valence-corrected chi connectivity index (χ4v) is 3.23. The van der Waals surface area contributed by atoms with Gasteiger partial charge in [0.05, 0.1) is 6.61 Å². The molecule has 0 saturated heterocycles. The van der Waals surface area contributed by atoms with Gasteiger partial charge in [0, 0.05) is 35.7 Å². The first-order valence-electron chi connectivity index (χ1n) is 10.7. The van der Waals surface area contributed by atoms with Gasteiger partial charge in [0.1, 0.15) is 12.4 Å². The van der Waals surface area contributed by atoms with Crippen molar-refractivity contribution in [1.82, 2.24) is 0 Å². The summed E-state index contributed by atoms with van der Waals surface area (Å²) >= 11 is 0. The van der Waals surface area contributed by atoms with Crippen LogP contribution in [-0.4, -0.2) is 38.2 Å². The van der Waals surface area contributed by atoms with Gasteiger partial charge in [0.25, 0.3) is 11.8 Å². The third-order valence-corrected chi connectivity index (χ3v) is 4.79. The molecule has 166 valence electrons. The molecule has 0 fully saturated rings. The van der Waals surface area contributed by atoms with Crippen LogP contribution in [0, 0.1) is 0 Å². The van der Waals surface area contributed by atoms with Gasteiger partial charge < -0.3 is 19.7 Å². The number of rotatable bonds is 10. The number of para-hydroxylation sites is 1. The van der Waals surface area contributed by atoms with Crippen molar-refractivity contribution in [3.05, 3.63) is 90.0 Å². The molecular weight excluding hydrogens is 404 g/mol. The van der Waals surface area contributed by atoms with Crippen molar-refractivity contribution in [2.24, 2.45) is 0 Å². The van der Waals surface area contributed by atoms with Crippen molar-refractivity contribution >= 4 is 23.2 Å². The van der Waals surface area contributed by atoms with Crippen molar-refractivity contribution in [2.75, 3.05) is 36.6 Å².